The first-order valence-electron chi connectivity index (χ1n) is 9.55. The smallest absolute Gasteiger partial charge is 0.178 e. The summed E-state index contributed by atoms with van der Waals surface area (Å²) in [6, 6.07) is 11.9. The summed E-state index contributed by atoms with van der Waals surface area (Å²) in [6.45, 7) is 3.37. The molecule has 0 saturated heterocycles. The molecular weight excluding hydrogens is 434 g/mol. The van der Waals surface area contributed by atoms with Crippen molar-refractivity contribution in [2.75, 3.05) is 18.2 Å². The minimum absolute atomic E-state index is 0.0276. The van der Waals surface area contributed by atoms with Gasteiger partial charge in [-0.05, 0) is 42.8 Å². The third-order valence-corrected chi connectivity index (χ3v) is 7.51. The largest absolute Gasteiger partial charge is 0.506 e. The standard InChI is InChI=1S/C22H21N3O4S2/c1-4-31(27,28)16-9-10-19(26)18(11-16)25-21-20-17(12-30-22(20)24-13(2)23-21)14-5-7-15(29-3)8-6-14/h5-12,26H,4H2,1-3H3,(H,23,24,25). The number of benzene rings is 2. The van der Waals surface area contributed by atoms with Crippen LogP contribution in [-0.4, -0.2) is 36.4 Å². The van der Waals surface area contributed by atoms with Crippen LogP contribution in [0.5, 0.6) is 11.5 Å². The number of anilines is 2. The molecule has 160 valence electrons. The zero-order valence-corrected chi connectivity index (χ0v) is 18.8. The van der Waals surface area contributed by atoms with Gasteiger partial charge in [-0.15, -0.1) is 11.3 Å². The normalized spacial score (nSPS) is 11.6. The highest BCUT2D eigenvalue weighted by molar-refractivity contribution is 7.91. The summed E-state index contributed by atoms with van der Waals surface area (Å²) in [6.07, 6.45) is 0. The van der Waals surface area contributed by atoms with Gasteiger partial charge in [-0.25, -0.2) is 18.4 Å². The van der Waals surface area contributed by atoms with E-state index in [9.17, 15) is 13.5 Å². The van der Waals surface area contributed by atoms with Crippen molar-refractivity contribution in [3.05, 3.63) is 53.7 Å². The third kappa shape index (κ3) is 4.06. The van der Waals surface area contributed by atoms with Crippen LogP contribution in [-0.2, 0) is 9.84 Å². The number of rotatable bonds is 6. The molecule has 0 spiro atoms. The molecule has 0 fully saturated rings. The van der Waals surface area contributed by atoms with Crippen LogP contribution in [0.1, 0.15) is 12.7 Å². The van der Waals surface area contributed by atoms with Crippen molar-refractivity contribution < 1.29 is 18.3 Å². The molecule has 9 heteroatoms. The van der Waals surface area contributed by atoms with Crippen molar-refractivity contribution in [1.29, 1.82) is 0 Å². The molecule has 4 aromatic rings. The maximum absolute atomic E-state index is 12.3. The lowest BCUT2D eigenvalue weighted by atomic mass is 10.1. The Hall–Kier alpha value is -3.17. The summed E-state index contributed by atoms with van der Waals surface area (Å²) in [5, 5.41) is 16.3. The fourth-order valence-electron chi connectivity index (χ4n) is 3.22. The number of thiophene rings is 1. The van der Waals surface area contributed by atoms with Gasteiger partial charge in [0.25, 0.3) is 0 Å². The molecule has 2 aromatic carbocycles. The van der Waals surface area contributed by atoms with Crippen LogP contribution >= 0.6 is 11.3 Å². The van der Waals surface area contributed by atoms with Crippen LogP contribution in [0.25, 0.3) is 21.3 Å². The molecule has 0 amide bonds. The minimum Gasteiger partial charge on any atom is -0.506 e. The maximum Gasteiger partial charge on any atom is 0.178 e. The number of aryl methyl sites for hydroxylation is 1. The van der Waals surface area contributed by atoms with Crippen LogP contribution < -0.4 is 10.1 Å². The van der Waals surface area contributed by atoms with Gasteiger partial charge in [0, 0.05) is 10.9 Å². The molecular formula is C22H21N3O4S2. The van der Waals surface area contributed by atoms with Crippen LogP contribution in [0.4, 0.5) is 11.5 Å². The van der Waals surface area contributed by atoms with E-state index in [1.165, 1.54) is 29.5 Å². The van der Waals surface area contributed by atoms with E-state index in [4.69, 9.17) is 4.74 Å². The van der Waals surface area contributed by atoms with Crippen LogP contribution in [0.3, 0.4) is 0 Å². The summed E-state index contributed by atoms with van der Waals surface area (Å²) < 4.78 is 29.8. The van der Waals surface area contributed by atoms with E-state index < -0.39 is 9.84 Å². The second-order valence-electron chi connectivity index (χ2n) is 6.88. The van der Waals surface area contributed by atoms with E-state index >= 15 is 0 Å². The van der Waals surface area contributed by atoms with Gasteiger partial charge in [-0.1, -0.05) is 19.1 Å². The van der Waals surface area contributed by atoms with Crippen LogP contribution in [0.15, 0.2) is 52.7 Å². The third-order valence-electron chi connectivity index (χ3n) is 4.91. The Morgan fingerprint density at radius 2 is 1.87 bits per heavy atom. The SMILES string of the molecule is CCS(=O)(=O)c1ccc(O)c(Nc2nc(C)nc3scc(-c4ccc(OC)cc4)c23)c1. The highest BCUT2D eigenvalue weighted by atomic mass is 32.2. The molecule has 0 aliphatic heterocycles. The van der Waals surface area contributed by atoms with Crippen molar-refractivity contribution >= 4 is 42.9 Å². The number of fused-ring (bicyclic) bond motifs is 1. The molecule has 0 aliphatic carbocycles. The van der Waals surface area contributed by atoms with Crippen molar-refractivity contribution in [2.24, 2.45) is 0 Å². The number of nitrogens with one attached hydrogen (secondary N) is 1. The van der Waals surface area contributed by atoms with Crippen molar-refractivity contribution in [3.63, 3.8) is 0 Å². The van der Waals surface area contributed by atoms with Crippen LogP contribution in [0.2, 0.25) is 0 Å². The molecule has 4 rings (SSSR count). The Morgan fingerprint density at radius 1 is 1.13 bits per heavy atom. The van der Waals surface area contributed by atoms with E-state index in [1.54, 1.807) is 21.0 Å². The minimum atomic E-state index is -3.42. The highest BCUT2D eigenvalue weighted by Gasteiger charge is 2.18. The fourth-order valence-corrected chi connectivity index (χ4v) is 5.12. The Kier molecular flexibility index (Phi) is 5.55. The highest BCUT2D eigenvalue weighted by Crippen LogP contribution is 2.39. The average molecular weight is 456 g/mol. The molecule has 31 heavy (non-hydrogen) atoms. The van der Waals surface area contributed by atoms with Crippen LogP contribution in [0, 0.1) is 6.92 Å². The second-order valence-corrected chi connectivity index (χ2v) is 10.0. The molecule has 2 N–H and O–H groups in total. The first-order chi connectivity index (χ1) is 14.8. The zero-order chi connectivity index (χ0) is 22.2. The Balaban J connectivity index is 1.85. The van der Waals surface area contributed by atoms with E-state index in [1.807, 2.05) is 29.6 Å². The predicted molar refractivity (Wildman–Crippen MR) is 123 cm³/mol. The number of aromatic nitrogens is 2. The van der Waals surface area contributed by atoms with E-state index in [0.717, 1.165) is 27.1 Å². The van der Waals surface area contributed by atoms with Gasteiger partial charge >= 0.3 is 0 Å². The van der Waals surface area contributed by atoms with Gasteiger partial charge < -0.3 is 15.2 Å². The number of phenols is 1. The number of methoxy groups -OCH3 is 1. The fraction of sp³-hybridized carbons (Fsp3) is 0.182. The Bertz CT molecular complexity index is 1360. The lowest BCUT2D eigenvalue weighted by molar-refractivity contribution is 0.415. The predicted octanol–water partition coefficient (Wildman–Crippen LogP) is 4.92. The second kappa shape index (κ2) is 8.16. The summed E-state index contributed by atoms with van der Waals surface area (Å²) in [7, 11) is -1.80. The monoisotopic (exact) mass is 455 g/mol. The number of sulfone groups is 1. The number of hydrogen-bond acceptors (Lipinski definition) is 8. The molecule has 0 bridgehead atoms. The quantitative estimate of drug-likeness (QED) is 0.398. The first kappa shape index (κ1) is 21.1. The summed E-state index contributed by atoms with van der Waals surface area (Å²) in [5.74, 6) is 1.72. The summed E-state index contributed by atoms with van der Waals surface area (Å²) in [5.41, 5.74) is 2.16. The van der Waals surface area contributed by atoms with Gasteiger partial charge in [0.05, 0.1) is 28.8 Å². The molecule has 7 nitrogen and oxygen atoms in total. The number of nitrogens with zero attached hydrogens (tertiary/aromatic N) is 2. The van der Waals surface area contributed by atoms with Gasteiger partial charge in [0.15, 0.2) is 9.84 Å². The molecule has 0 unspecified atom stereocenters. The van der Waals surface area contributed by atoms with E-state index in [-0.39, 0.29) is 22.1 Å². The number of phenolic OH excluding ortho intramolecular Hbond substituents is 1. The number of aromatic hydroxyl groups is 1. The average Bonchev–Trinajstić information content (AvgIpc) is 3.19. The zero-order valence-electron chi connectivity index (χ0n) is 17.2. The molecule has 0 radical (unpaired) electrons. The number of hydrogen-bond donors (Lipinski definition) is 2. The molecule has 0 saturated carbocycles. The molecule has 0 aliphatic rings. The molecule has 2 heterocycles. The maximum atomic E-state index is 12.3. The molecule has 2 aromatic heterocycles. The van der Waals surface area contributed by atoms with Gasteiger partial charge in [-0.2, -0.15) is 0 Å². The molecule has 0 atom stereocenters. The summed E-state index contributed by atoms with van der Waals surface area (Å²) in [4.78, 5) is 10.0. The van der Waals surface area contributed by atoms with Gasteiger partial charge in [0.2, 0.25) is 0 Å². The van der Waals surface area contributed by atoms with E-state index in [2.05, 4.69) is 15.3 Å². The first-order valence-corrected chi connectivity index (χ1v) is 12.1. The van der Waals surface area contributed by atoms with Crippen molar-refractivity contribution in [1.82, 2.24) is 9.97 Å². The topological polar surface area (TPSA) is 101 Å². The van der Waals surface area contributed by atoms with Gasteiger partial charge in [0.1, 0.15) is 28.0 Å². The summed E-state index contributed by atoms with van der Waals surface area (Å²) >= 11 is 1.49. The number of ether oxygens (including phenoxy) is 1. The van der Waals surface area contributed by atoms with Gasteiger partial charge in [-0.3, -0.25) is 0 Å². The van der Waals surface area contributed by atoms with Crippen molar-refractivity contribution in [3.8, 4) is 22.6 Å². The lowest BCUT2D eigenvalue weighted by Crippen LogP contribution is -2.05. The Morgan fingerprint density at radius 3 is 2.55 bits per heavy atom. The van der Waals surface area contributed by atoms with E-state index in [0.29, 0.717) is 11.6 Å². The lowest BCUT2D eigenvalue weighted by Gasteiger charge is -2.12. The Labute approximate surface area is 184 Å². The van der Waals surface area contributed by atoms with Crippen molar-refractivity contribution in [2.45, 2.75) is 18.7 Å².